The number of nitrogens with one attached hydrogen (secondary N) is 1. The van der Waals surface area contributed by atoms with E-state index in [2.05, 4.69) is 15.5 Å². The van der Waals surface area contributed by atoms with E-state index in [1.165, 1.54) is 11.8 Å². The van der Waals surface area contributed by atoms with E-state index in [-0.39, 0.29) is 11.7 Å². The predicted molar refractivity (Wildman–Crippen MR) is 119 cm³/mol. The zero-order valence-electron chi connectivity index (χ0n) is 17.7. The van der Waals surface area contributed by atoms with E-state index >= 15 is 0 Å². The number of hydrogen-bond acceptors (Lipinski definition) is 8. The largest absolute Gasteiger partial charge is 0.497 e. The number of anilines is 1. The van der Waals surface area contributed by atoms with Gasteiger partial charge in [-0.25, -0.2) is 0 Å². The van der Waals surface area contributed by atoms with Crippen LogP contribution in [0.3, 0.4) is 0 Å². The van der Waals surface area contributed by atoms with Gasteiger partial charge in [0.2, 0.25) is 5.91 Å². The number of nitrogens with zero attached hydrogens (tertiary/aromatic N) is 2. The second-order valence-corrected chi connectivity index (χ2v) is 7.23. The number of carbonyl (C=O) groups excluding carboxylic acids is 1. The van der Waals surface area contributed by atoms with Crippen molar-refractivity contribution < 1.29 is 23.7 Å². The summed E-state index contributed by atoms with van der Waals surface area (Å²) < 4.78 is 21.1. The van der Waals surface area contributed by atoms with Gasteiger partial charge in [-0.1, -0.05) is 11.8 Å². The van der Waals surface area contributed by atoms with Crippen LogP contribution in [0, 0.1) is 0 Å². The summed E-state index contributed by atoms with van der Waals surface area (Å²) in [6.45, 7) is 0. The Morgan fingerprint density at radius 1 is 0.839 bits per heavy atom. The van der Waals surface area contributed by atoms with E-state index in [4.69, 9.17) is 18.9 Å². The lowest BCUT2D eigenvalue weighted by Gasteiger charge is -2.11. The van der Waals surface area contributed by atoms with Gasteiger partial charge in [-0.3, -0.25) is 4.79 Å². The molecule has 31 heavy (non-hydrogen) atoms. The molecule has 0 aliphatic heterocycles. The van der Waals surface area contributed by atoms with Gasteiger partial charge in [0.1, 0.15) is 16.5 Å². The zero-order valence-corrected chi connectivity index (χ0v) is 18.5. The molecule has 0 spiro atoms. The van der Waals surface area contributed by atoms with Crippen LogP contribution in [0.25, 0.3) is 11.3 Å². The Kier molecular flexibility index (Phi) is 7.55. The molecule has 1 aromatic heterocycles. The summed E-state index contributed by atoms with van der Waals surface area (Å²) in [6.07, 6.45) is 0. The third-order valence-electron chi connectivity index (χ3n) is 4.34. The van der Waals surface area contributed by atoms with Gasteiger partial charge in [0.15, 0.2) is 11.5 Å². The van der Waals surface area contributed by atoms with Gasteiger partial charge in [-0.15, -0.1) is 10.2 Å². The SMILES string of the molecule is COc1ccc(OC)c(-c2ccc(SCC(=O)Nc3ccc(OC)c(OC)c3)nn2)c1. The fourth-order valence-corrected chi connectivity index (χ4v) is 3.42. The van der Waals surface area contributed by atoms with Crippen molar-refractivity contribution in [3.05, 3.63) is 48.5 Å². The first-order chi connectivity index (χ1) is 15.1. The minimum Gasteiger partial charge on any atom is -0.497 e. The maximum Gasteiger partial charge on any atom is 0.234 e. The van der Waals surface area contributed by atoms with Gasteiger partial charge < -0.3 is 24.3 Å². The molecule has 1 N–H and O–H groups in total. The Balaban J connectivity index is 1.62. The Labute approximate surface area is 184 Å². The first-order valence-corrected chi connectivity index (χ1v) is 10.3. The molecule has 162 valence electrons. The Bertz CT molecular complexity index is 1040. The molecule has 0 saturated carbocycles. The molecule has 1 heterocycles. The monoisotopic (exact) mass is 441 g/mol. The van der Waals surface area contributed by atoms with Crippen LogP contribution < -0.4 is 24.3 Å². The minimum atomic E-state index is -0.169. The highest BCUT2D eigenvalue weighted by atomic mass is 32.2. The van der Waals surface area contributed by atoms with E-state index in [1.807, 2.05) is 30.3 Å². The molecule has 0 atom stereocenters. The third-order valence-corrected chi connectivity index (χ3v) is 5.26. The quantitative estimate of drug-likeness (QED) is 0.500. The van der Waals surface area contributed by atoms with E-state index in [1.54, 1.807) is 46.6 Å². The van der Waals surface area contributed by atoms with Crippen LogP contribution in [0.1, 0.15) is 0 Å². The van der Waals surface area contributed by atoms with Crippen molar-refractivity contribution in [2.45, 2.75) is 5.03 Å². The van der Waals surface area contributed by atoms with Crippen molar-refractivity contribution in [2.24, 2.45) is 0 Å². The number of thioether (sulfide) groups is 1. The topological polar surface area (TPSA) is 91.8 Å². The number of rotatable bonds is 9. The summed E-state index contributed by atoms with van der Waals surface area (Å²) in [5.74, 6) is 2.52. The van der Waals surface area contributed by atoms with Gasteiger partial charge in [0.05, 0.1) is 39.9 Å². The van der Waals surface area contributed by atoms with Crippen molar-refractivity contribution in [1.82, 2.24) is 10.2 Å². The molecule has 0 fully saturated rings. The standard InChI is InChI=1S/C22H23N3O5S/c1-27-15-6-9-18(28-2)16(12-15)17-7-10-22(25-24-17)31-13-21(26)23-14-5-8-19(29-3)20(11-14)30-4/h5-12H,13H2,1-4H3,(H,23,26). The number of aromatic nitrogens is 2. The molecule has 0 saturated heterocycles. The number of hydrogen-bond donors (Lipinski definition) is 1. The first-order valence-electron chi connectivity index (χ1n) is 9.28. The minimum absolute atomic E-state index is 0.169. The fraction of sp³-hybridized carbons (Fsp3) is 0.227. The lowest BCUT2D eigenvalue weighted by Crippen LogP contribution is -2.14. The summed E-state index contributed by atoms with van der Waals surface area (Å²) in [6, 6.07) is 14.3. The van der Waals surface area contributed by atoms with Crippen LogP contribution in [-0.2, 0) is 4.79 Å². The summed E-state index contributed by atoms with van der Waals surface area (Å²) in [4.78, 5) is 12.3. The zero-order chi connectivity index (χ0) is 22.2. The summed E-state index contributed by atoms with van der Waals surface area (Å²) in [5.41, 5.74) is 2.04. The van der Waals surface area contributed by atoms with Gasteiger partial charge in [0, 0.05) is 17.3 Å². The second kappa shape index (κ2) is 10.5. The summed E-state index contributed by atoms with van der Waals surface area (Å²) in [5, 5.41) is 11.9. The first kappa shape index (κ1) is 22.2. The van der Waals surface area contributed by atoms with E-state index < -0.39 is 0 Å². The van der Waals surface area contributed by atoms with Crippen LogP contribution >= 0.6 is 11.8 Å². The van der Waals surface area contributed by atoms with Crippen molar-refractivity contribution >= 4 is 23.4 Å². The van der Waals surface area contributed by atoms with Gasteiger partial charge >= 0.3 is 0 Å². The lowest BCUT2D eigenvalue weighted by molar-refractivity contribution is -0.113. The van der Waals surface area contributed by atoms with E-state index in [0.29, 0.717) is 39.4 Å². The molecular formula is C22H23N3O5S. The number of benzene rings is 2. The van der Waals surface area contributed by atoms with Gasteiger partial charge in [0.25, 0.3) is 0 Å². The molecule has 0 aliphatic carbocycles. The van der Waals surface area contributed by atoms with Crippen molar-refractivity contribution in [3.63, 3.8) is 0 Å². The summed E-state index contributed by atoms with van der Waals surface area (Å²) in [7, 11) is 6.30. The number of methoxy groups -OCH3 is 4. The molecule has 0 radical (unpaired) electrons. The fourth-order valence-electron chi connectivity index (χ4n) is 2.81. The van der Waals surface area contributed by atoms with Crippen LogP contribution in [0.4, 0.5) is 5.69 Å². The van der Waals surface area contributed by atoms with Crippen molar-refractivity contribution in [2.75, 3.05) is 39.5 Å². The Morgan fingerprint density at radius 3 is 2.23 bits per heavy atom. The molecule has 0 aliphatic rings. The maximum atomic E-state index is 12.3. The molecule has 0 bridgehead atoms. The number of amides is 1. The highest BCUT2D eigenvalue weighted by molar-refractivity contribution is 7.99. The normalized spacial score (nSPS) is 10.3. The molecule has 0 unspecified atom stereocenters. The van der Waals surface area contributed by atoms with Crippen LogP contribution in [0.15, 0.2) is 53.6 Å². The number of ether oxygens (including phenoxy) is 4. The third kappa shape index (κ3) is 5.58. The van der Waals surface area contributed by atoms with Crippen LogP contribution in [0.2, 0.25) is 0 Å². The molecular weight excluding hydrogens is 418 g/mol. The molecule has 3 rings (SSSR count). The van der Waals surface area contributed by atoms with Crippen LogP contribution in [-0.4, -0.2) is 50.3 Å². The Hall–Kier alpha value is -3.46. The van der Waals surface area contributed by atoms with Gasteiger partial charge in [-0.05, 0) is 42.5 Å². The average Bonchev–Trinajstić information content (AvgIpc) is 2.82. The summed E-state index contributed by atoms with van der Waals surface area (Å²) >= 11 is 1.29. The second-order valence-electron chi connectivity index (χ2n) is 6.23. The number of carbonyl (C=O) groups is 1. The molecule has 3 aromatic rings. The predicted octanol–water partition coefficient (Wildman–Crippen LogP) is 3.91. The highest BCUT2D eigenvalue weighted by Gasteiger charge is 2.12. The van der Waals surface area contributed by atoms with E-state index in [0.717, 1.165) is 5.56 Å². The molecule has 1 amide bonds. The van der Waals surface area contributed by atoms with E-state index in [9.17, 15) is 4.79 Å². The van der Waals surface area contributed by atoms with Gasteiger partial charge in [-0.2, -0.15) is 0 Å². The smallest absolute Gasteiger partial charge is 0.234 e. The Morgan fingerprint density at radius 2 is 1.58 bits per heavy atom. The highest BCUT2D eigenvalue weighted by Crippen LogP contribution is 2.33. The molecule has 9 heteroatoms. The van der Waals surface area contributed by atoms with Crippen molar-refractivity contribution in [1.29, 1.82) is 0 Å². The van der Waals surface area contributed by atoms with Crippen molar-refractivity contribution in [3.8, 4) is 34.3 Å². The lowest BCUT2D eigenvalue weighted by atomic mass is 10.1. The maximum absolute atomic E-state index is 12.3. The molecule has 2 aromatic carbocycles. The molecule has 8 nitrogen and oxygen atoms in total. The average molecular weight is 442 g/mol. The van der Waals surface area contributed by atoms with Crippen LogP contribution in [0.5, 0.6) is 23.0 Å².